The molecule has 0 unspecified atom stereocenters. The molecule has 0 amide bonds. The fourth-order valence-electron chi connectivity index (χ4n) is 1.61. The first kappa shape index (κ1) is 10.7. The summed E-state index contributed by atoms with van der Waals surface area (Å²) in [5, 5.41) is 15.6. The van der Waals surface area contributed by atoms with Crippen LogP contribution < -0.4 is 5.32 Å². The molecule has 2 rings (SSSR count). The van der Waals surface area contributed by atoms with E-state index in [9.17, 15) is 0 Å². The van der Waals surface area contributed by atoms with Crippen molar-refractivity contribution in [1.82, 2.24) is 24.8 Å². The lowest BCUT2D eigenvalue weighted by molar-refractivity contribution is 0.713. The van der Waals surface area contributed by atoms with E-state index in [0.717, 1.165) is 23.5 Å². The zero-order valence-corrected chi connectivity index (χ0v) is 9.80. The van der Waals surface area contributed by atoms with E-state index in [-0.39, 0.29) is 0 Å². The summed E-state index contributed by atoms with van der Waals surface area (Å²) in [5.41, 5.74) is 3.07. The molecule has 0 aliphatic rings. The molecular formula is C10H16N6. The minimum absolute atomic E-state index is 0.673. The van der Waals surface area contributed by atoms with Crippen LogP contribution >= 0.6 is 0 Å². The van der Waals surface area contributed by atoms with Gasteiger partial charge in [0.15, 0.2) is 0 Å². The van der Waals surface area contributed by atoms with E-state index < -0.39 is 0 Å². The molecule has 16 heavy (non-hydrogen) atoms. The molecule has 0 atom stereocenters. The standard InChI is InChI=1S/C10H16N6/c1-4-9-10(7-15(2)13-9)11-5-8-6-16(3)14-12-8/h6-7,11H,4-5H2,1-3H3. The second-order valence-electron chi connectivity index (χ2n) is 3.75. The molecule has 2 aromatic heterocycles. The van der Waals surface area contributed by atoms with Crippen molar-refractivity contribution in [1.29, 1.82) is 0 Å². The smallest absolute Gasteiger partial charge is 0.102 e. The molecule has 0 fully saturated rings. The summed E-state index contributed by atoms with van der Waals surface area (Å²) in [7, 11) is 3.78. The first-order valence-corrected chi connectivity index (χ1v) is 5.30. The zero-order chi connectivity index (χ0) is 11.5. The molecule has 0 aliphatic carbocycles. The van der Waals surface area contributed by atoms with Gasteiger partial charge in [0.2, 0.25) is 0 Å². The topological polar surface area (TPSA) is 60.6 Å². The molecule has 0 radical (unpaired) electrons. The zero-order valence-electron chi connectivity index (χ0n) is 9.80. The van der Waals surface area contributed by atoms with E-state index in [0.29, 0.717) is 6.54 Å². The van der Waals surface area contributed by atoms with E-state index >= 15 is 0 Å². The molecule has 0 saturated carbocycles. The van der Waals surface area contributed by atoms with Gasteiger partial charge in [0, 0.05) is 26.5 Å². The normalized spacial score (nSPS) is 10.7. The number of rotatable bonds is 4. The summed E-state index contributed by atoms with van der Waals surface area (Å²) in [4.78, 5) is 0. The molecule has 0 aromatic carbocycles. The maximum Gasteiger partial charge on any atom is 0.102 e. The minimum Gasteiger partial charge on any atom is -0.376 e. The van der Waals surface area contributed by atoms with Gasteiger partial charge in [0.25, 0.3) is 0 Å². The fourth-order valence-corrected chi connectivity index (χ4v) is 1.61. The maximum atomic E-state index is 4.36. The van der Waals surface area contributed by atoms with E-state index in [1.54, 1.807) is 4.68 Å². The third kappa shape index (κ3) is 2.21. The highest BCUT2D eigenvalue weighted by Crippen LogP contribution is 2.14. The Morgan fingerprint density at radius 1 is 1.25 bits per heavy atom. The van der Waals surface area contributed by atoms with Gasteiger partial charge in [-0.1, -0.05) is 12.1 Å². The summed E-state index contributed by atoms with van der Waals surface area (Å²) in [6.07, 6.45) is 4.80. The molecule has 2 aromatic rings. The number of aromatic nitrogens is 5. The van der Waals surface area contributed by atoms with Crippen LogP contribution in [0.4, 0.5) is 5.69 Å². The average Bonchev–Trinajstić information content (AvgIpc) is 2.81. The van der Waals surface area contributed by atoms with Crippen LogP contribution in [-0.2, 0) is 27.1 Å². The van der Waals surface area contributed by atoms with E-state index in [4.69, 9.17) is 0 Å². The second-order valence-corrected chi connectivity index (χ2v) is 3.75. The Labute approximate surface area is 94.3 Å². The Hall–Kier alpha value is -1.85. The van der Waals surface area contributed by atoms with Crippen LogP contribution in [-0.4, -0.2) is 24.8 Å². The number of hydrogen-bond donors (Lipinski definition) is 1. The number of hydrogen-bond acceptors (Lipinski definition) is 4. The third-order valence-corrected chi connectivity index (χ3v) is 2.35. The van der Waals surface area contributed by atoms with Crippen LogP contribution in [0.1, 0.15) is 18.3 Å². The van der Waals surface area contributed by atoms with Crippen LogP contribution in [0, 0.1) is 0 Å². The third-order valence-electron chi connectivity index (χ3n) is 2.35. The van der Waals surface area contributed by atoms with Gasteiger partial charge in [-0.15, -0.1) is 5.10 Å². The molecule has 1 N–H and O–H groups in total. The molecule has 6 nitrogen and oxygen atoms in total. The Bertz CT molecular complexity index is 469. The number of nitrogens with one attached hydrogen (secondary N) is 1. The number of nitrogens with zero attached hydrogens (tertiary/aromatic N) is 5. The minimum atomic E-state index is 0.673. The Balaban J connectivity index is 2.04. The van der Waals surface area contributed by atoms with E-state index in [1.165, 1.54) is 0 Å². The van der Waals surface area contributed by atoms with Crippen molar-refractivity contribution in [3.05, 3.63) is 23.8 Å². The first-order valence-electron chi connectivity index (χ1n) is 5.30. The predicted octanol–water partition coefficient (Wildman–Crippen LogP) is 0.723. The second kappa shape index (κ2) is 4.34. The average molecular weight is 220 g/mol. The summed E-state index contributed by atoms with van der Waals surface area (Å²) in [6.45, 7) is 2.77. The van der Waals surface area contributed by atoms with Crippen molar-refractivity contribution >= 4 is 5.69 Å². The largest absolute Gasteiger partial charge is 0.376 e. The summed E-state index contributed by atoms with van der Waals surface area (Å²) in [6, 6.07) is 0. The van der Waals surface area contributed by atoms with Crippen LogP contribution in [0.5, 0.6) is 0 Å². The highest BCUT2D eigenvalue weighted by molar-refractivity contribution is 5.46. The number of aryl methyl sites for hydroxylation is 3. The van der Waals surface area contributed by atoms with Gasteiger partial charge in [-0.25, -0.2) is 0 Å². The lowest BCUT2D eigenvalue weighted by Crippen LogP contribution is -2.01. The van der Waals surface area contributed by atoms with Crippen molar-refractivity contribution in [3.63, 3.8) is 0 Å². The summed E-state index contributed by atoms with van der Waals surface area (Å²) in [5.74, 6) is 0. The molecular weight excluding hydrogens is 204 g/mol. The molecule has 2 heterocycles. The summed E-state index contributed by atoms with van der Waals surface area (Å²) < 4.78 is 3.51. The maximum absolute atomic E-state index is 4.36. The predicted molar refractivity (Wildman–Crippen MR) is 60.9 cm³/mol. The molecule has 0 bridgehead atoms. The lowest BCUT2D eigenvalue weighted by Gasteiger charge is -2.01. The van der Waals surface area contributed by atoms with Gasteiger partial charge < -0.3 is 5.32 Å². The van der Waals surface area contributed by atoms with Crippen molar-refractivity contribution in [3.8, 4) is 0 Å². The summed E-state index contributed by atoms with van der Waals surface area (Å²) >= 11 is 0. The van der Waals surface area contributed by atoms with E-state index in [2.05, 4.69) is 27.7 Å². The molecule has 0 spiro atoms. The highest BCUT2D eigenvalue weighted by atomic mass is 15.4. The fraction of sp³-hybridized carbons (Fsp3) is 0.500. The van der Waals surface area contributed by atoms with Crippen molar-refractivity contribution < 1.29 is 0 Å². The molecule has 86 valence electrons. The molecule has 6 heteroatoms. The monoisotopic (exact) mass is 220 g/mol. The van der Waals surface area contributed by atoms with Crippen molar-refractivity contribution in [2.45, 2.75) is 19.9 Å². The van der Waals surface area contributed by atoms with Gasteiger partial charge in [-0.05, 0) is 6.42 Å². The number of anilines is 1. The Morgan fingerprint density at radius 2 is 2.06 bits per heavy atom. The Kier molecular flexibility index (Phi) is 2.89. The Morgan fingerprint density at radius 3 is 2.69 bits per heavy atom. The van der Waals surface area contributed by atoms with Crippen LogP contribution in [0.3, 0.4) is 0 Å². The SMILES string of the molecule is CCc1nn(C)cc1NCc1cn(C)nn1. The van der Waals surface area contributed by atoms with Crippen molar-refractivity contribution in [2.75, 3.05) is 5.32 Å². The van der Waals surface area contributed by atoms with Gasteiger partial charge in [-0.2, -0.15) is 5.10 Å². The van der Waals surface area contributed by atoms with Gasteiger partial charge in [0.05, 0.1) is 17.9 Å². The van der Waals surface area contributed by atoms with Crippen LogP contribution in [0.25, 0.3) is 0 Å². The van der Waals surface area contributed by atoms with Gasteiger partial charge >= 0.3 is 0 Å². The first-order chi connectivity index (χ1) is 7.69. The van der Waals surface area contributed by atoms with Gasteiger partial charge in [-0.3, -0.25) is 9.36 Å². The molecule has 0 saturated heterocycles. The van der Waals surface area contributed by atoms with Gasteiger partial charge in [0.1, 0.15) is 5.69 Å². The van der Waals surface area contributed by atoms with E-state index in [1.807, 2.05) is 31.2 Å². The van der Waals surface area contributed by atoms with Crippen LogP contribution in [0.15, 0.2) is 12.4 Å². The molecule has 0 aliphatic heterocycles. The quantitative estimate of drug-likeness (QED) is 0.825. The van der Waals surface area contributed by atoms with Crippen LogP contribution in [0.2, 0.25) is 0 Å². The highest BCUT2D eigenvalue weighted by Gasteiger charge is 2.06. The van der Waals surface area contributed by atoms with Crippen molar-refractivity contribution in [2.24, 2.45) is 14.1 Å². The lowest BCUT2D eigenvalue weighted by atomic mass is 10.3.